The summed E-state index contributed by atoms with van der Waals surface area (Å²) in [6.07, 6.45) is 2.25. The molecule has 1 aromatic rings. The molecule has 2 rings (SSSR count). The maximum Gasteiger partial charge on any atom is 0.306 e. The van der Waals surface area contributed by atoms with E-state index in [0.29, 0.717) is 32.2 Å². The third kappa shape index (κ3) is 4.01. The van der Waals surface area contributed by atoms with Gasteiger partial charge in [-0.15, -0.1) is 11.3 Å². The van der Waals surface area contributed by atoms with E-state index in [4.69, 9.17) is 5.11 Å². The number of carbonyl (C=O) groups is 1. The van der Waals surface area contributed by atoms with Crippen molar-refractivity contribution in [3.63, 3.8) is 0 Å². The van der Waals surface area contributed by atoms with Crippen LogP contribution in [0.4, 0.5) is 0 Å². The van der Waals surface area contributed by atoms with Gasteiger partial charge in [0.05, 0.1) is 22.2 Å². The molecule has 0 saturated heterocycles. The Morgan fingerprint density at radius 1 is 1.55 bits per heavy atom. The van der Waals surface area contributed by atoms with Crippen molar-refractivity contribution in [3.05, 3.63) is 16.1 Å². The molecular weight excluding hydrogens is 276 g/mol. The van der Waals surface area contributed by atoms with Crippen LogP contribution in [0.25, 0.3) is 0 Å². The van der Waals surface area contributed by atoms with Gasteiger partial charge in [-0.05, 0) is 39.7 Å². The van der Waals surface area contributed by atoms with E-state index in [1.165, 1.54) is 0 Å². The highest BCUT2D eigenvalue weighted by Crippen LogP contribution is 2.33. The molecule has 1 aromatic heterocycles. The lowest BCUT2D eigenvalue weighted by Crippen LogP contribution is -2.44. The average molecular weight is 298 g/mol. The summed E-state index contributed by atoms with van der Waals surface area (Å²) < 4.78 is 0. The Morgan fingerprint density at radius 2 is 2.20 bits per heavy atom. The number of rotatable bonds is 5. The number of carboxylic acid groups (broad SMARTS) is 1. The van der Waals surface area contributed by atoms with Gasteiger partial charge in [-0.2, -0.15) is 0 Å². The van der Waals surface area contributed by atoms with Crippen LogP contribution in [0.15, 0.2) is 5.38 Å². The third-order valence-electron chi connectivity index (χ3n) is 3.93. The number of aromatic nitrogens is 1. The third-order valence-corrected chi connectivity index (χ3v) is 4.75. The zero-order valence-electron chi connectivity index (χ0n) is 12.0. The topological polar surface area (TPSA) is 73.7 Å². The summed E-state index contributed by atoms with van der Waals surface area (Å²) in [5, 5.41) is 22.6. The molecule has 0 radical (unpaired) electrons. The van der Waals surface area contributed by atoms with E-state index in [1.807, 2.05) is 19.4 Å². The number of aliphatic carboxylic acids is 1. The Balaban J connectivity index is 1.84. The van der Waals surface area contributed by atoms with Gasteiger partial charge in [-0.3, -0.25) is 9.69 Å². The summed E-state index contributed by atoms with van der Waals surface area (Å²) >= 11 is 1.63. The molecule has 2 N–H and O–H groups in total. The molecule has 0 spiro atoms. The van der Waals surface area contributed by atoms with Gasteiger partial charge in [0, 0.05) is 18.5 Å². The van der Waals surface area contributed by atoms with Gasteiger partial charge >= 0.3 is 5.97 Å². The van der Waals surface area contributed by atoms with Crippen molar-refractivity contribution in [1.29, 1.82) is 0 Å². The molecule has 0 aliphatic heterocycles. The van der Waals surface area contributed by atoms with Crippen molar-refractivity contribution >= 4 is 17.3 Å². The molecule has 1 aliphatic carbocycles. The maximum atomic E-state index is 10.9. The van der Waals surface area contributed by atoms with Crippen molar-refractivity contribution in [2.75, 3.05) is 13.6 Å². The van der Waals surface area contributed by atoms with Gasteiger partial charge in [-0.1, -0.05) is 0 Å². The first kappa shape index (κ1) is 15.4. The molecule has 1 fully saturated rings. The summed E-state index contributed by atoms with van der Waals surface area (Å²) in [6.45, 7) is 3.26. The molecule has 0 unspecified atom stereocenters. The first-order chi connectivity index (χ1) is 9.38. The van der Waals surface area contributed by atoms with Crippen LogP contribution >= 0.6 is 11.3 Å². The number of carboxylic acids is 1. The number of aryl methyl sites for hydroxylation is 1. The molecule has 0 atom stereocenters. The Labute approximate surface area is 123 Å². The SMILES string of the molecule is Cc1nc(CN(C)CC2(O)CCC(C(=O)O)CC2)cs1. The van der Waals surface area contributed by atoms with Crippen molar-refractivity contribution in [3.8, 4) is 0 Å². The second-order valence-corrected chi connectivity index (χ2v) is 6.93. The quantitative estimate of drug-likeness (QED) is 0.868. The summed E-state index contributed by atoms with van der Waals surface area (Å²) in [5.74, 6) is -1.03. The second kappa shape index (κ2) is 6.20. The Hall–Kier alpha value is -0.980. The van der Waals surface area contributed by atoms with Crippen molar-refractivity contribution in [1.82, 2.24) is 9.88 Å². The largest absolute Gasteiger partial charge is 0.481 e. The summed E-state index contributed by atoms with van der Waals surface area (Å²) in [6, 6.07) is 0. The highest BCUT2D eigenvalue weighted by molar-refractivity contribution is 7.09. The molecule has 0 bridgehead atoms. The summed E-state index contributed by atoms with van der Waals surface area (Å²) in [7, 11) is 1.97. The second-order valence-electron chi connectivity index (χ2n) is 5.87. The Bertz CT molecular complexity index is 467. The van der Waals surface area contributed by atoms with Crippen LogP contribution in [0, 0.1) is 12.8 Å². The van der Waals surface area contributed by atoms with E-state index >= 15 is 0 Å². The number of likely N-dealkylation sites (N-methyl/N-ethyl adjacent to an activating group) is 1. The van der Waals surface area contributed by atoms with E-state index in [2.05, 4.69) is 9.88 Å². The predicted molar refractivity (Wildman–Crippen MR) is 77.7 cm³/mol. The number of hydrogen-bond donors (Lipinski definition) is 2. The molecule has 0 amide bonds. The lowest BCUT2D eigenvalue weighted by atomic mass is 9.78. The molecule has 1 saturated carbocycles. The minimum atomic E-state index is -0.758. The van der Waals surface area contributed by atoms with E-state index in [9.17, 15) is 9.90 Å². The fourth-order valence-corrected chi connectivity index (χ4v) is 3.48. The molecule has 5 nitrogen and oxygen atoms in total. The van der Waals surface area contributed by atoms with Gasteiger partial charge in [0.15, 0.2) is 0 Å². The van der Waals surface area contributed by atoms with Gasteiger partial charge in [0.25, 0.3) is 0 Å². The van der Waals surface area contributed by atoms with Crippen LogP contribution in [0.2, 0.25) is 0 Å². The molecule has 20 heavy (non-hydrogen) atoms. The lowest BCUT2D eigenvalue weighted by Gasteiger charge is -2.37. The van der Waals surface area contributed by atoms with Crippen molar-refractivity contribution < 1.29 is 15.0 Å². The van der Waals surface area contributed by atoms with Crippen molar-refractivity contribution in [2.45, 2.75) is 44.8 Å². The van der Waals surface area contributed by atoms with Gasteiger partial charge in [-0.25, -0.2) is 4.98 Å². The number of thiazole rings is 1. The molecular formula is C14H22N2O3S. The molecule has 1 aliphatic rings. The van der Waals surface area contributed by atoms with Crippen LogP contribution in [0.5, 0.6) is 0 Å². The van der Waals surface area contributed by atoms with Crippen LogP contribution in [0.3, 0.4) is 0 Å². The number of nitrogens with zero attached hydrogens (tertiary/aromatic N) is 2. The Morgan fingerprint density at radius 3 is 2.70 bits per heavy atom. The highest BCUT2D eigenvalue weighted by Gasteiger charge is 2.36. The predicted octanol–water partition coefficient (Wildman–Crippen LogP) is 1.89. The van der Waals surface area contributed by atoms with Gasteiger partial charge in [0.1, 0.15) is 0 Å². The van der Waals surface area contributed by atoms with Crippen LogP contribution in [-0.2, 0) is 11.3 Å². The normalized spacial score (nSPS) is 26.9. The zero-order chi connectivity index (χ0) is 14.8. The first-order valence-corrected chi connectivity index (χ1v) is 7.81. The van der Waals surface area contributed by atoms with Gasteiger partial charge in [0.2, 0.25) is 0 Å². The summed E-state index contributed by atoms with van der Waals surface area (Å²) in [5.41, 5.74) is 0.268. The molecule has 112 valence electrons. The monoisotopic (exact) mass is 298 g/mol. The zero-order valence-corrected chi connectivity index (χ0v) is 12.8. The van der Waals surface area contributed by atoms with Crippen LogP contribution in [0.1, 0.15) is 36.4 Å². The number of hydrogen-bond acceptors (Lipinski definition) is 5. The smallest absolute Gasteiger partial charge is 0.306 e. The van der Waals surface area contributed by atoms with Crippen molar-refractivity contribution in [2.24, 2.45) is 5.92 Å². The molecule has 0 aromatic carbocycles. The molecule has 6 heteroatoms. The maximum absolute atomic E-state index is 10.9. The highest BCUT2D eigenvalue weighted by atomic mass is 32.1. The fourth-order valence-electron chi connectivity index (χ4n) is 2.88. The average Bonchev–Trinajstić information content (AvgIpc) is 2.74. The Kier molecular flexibility index (Phi) is 4.78. The fraction of sp³-hybridized carbons (Fsp3) is 0.714. The lowest BCUT2D eigenvalue weighted by molar-refractivity contribution is -0.145. The minimum absolute atomic E-state index is 0.290. The van der Waals surface area contributed by atoms with E-state index in [-0.39, 0.29) is 5.92 Å². The summed E-state index contributed by atoms with van der Waals surface area (Å²) in [4.78, 5) is 17.4. The van der Waals surface area contributed by atoms with Gasteiger partial charge < -0.3 is 10.2 Å². The van der Waals surface area contributed by atoms with E-state index in [1.54, 1.807) is 11.3 Å². The standard InChI is InChI=1S/C14H22N2O3S/c1-10-15-12(8-20-10)7-16(2)9-14(19)5-3-11(4-6-14)13(17)18/h8,11,19H,3-7,9H2,1-2H3,(H,17,18). The first-order valence-electron chi connectivity index (χ1n) is 6.93. The van der Waals surface area contributed by atoms with E-state index < -0.39 is 11.6 Å². The molecule has 1 heterocycles. The number of aliphatic hydroxyl groups is 1. The van der Waals surface area contributed by atoms with E-state index in [0.717, 1.165) is 17.2 Å². The minimum Gasteiger partial charge on any atom is -0.481 e. The van der Waals surface area contributed by atoms with Crippen LogP contribution in [-0.4, -0.2) is 45.3 Å². The van der Waals surface area contributed by atoms with Crippen LogP contribution < -0.4 is 0 Å².